The van der Waals surface area contributed by atoms with Gasteiger partial charge in [0.05, 0.1) is 0 Å². The highest BCUT2D eigenvalue weighted by Gasteiger charge is 2.64. The fourth-order valence-electron chi connectivity index (χ4n) is 1.34. The largest absolute Gasteiger partial charge is 0.480 e. The molecule has 4 heteroatoms. The van der Waals surface area contributed by atoms with E-state index < -0.39 is 11.5 Å². The minimum atomic E-state index is -1.16. The molecule has 0 heterocycles. The van der Waals surface area contributed by atoms with Crippen LogP contribution in [0.5, 0.6) is 0 Å². The van der Waals surface area contributed by atoms with E-state index in [-0.39, 0.29) is 18.4 Å². The summed E-state index contributed by atoms with van der Waals surface area (Å²) in [6.07, 6.45) is 0. The molecule has 0 aromatic carbocycles. The molecular weight excluding hydrogens is 134 g/mol. The van der Waals surface area contributed by atoms with Crippen LogP contribution in [0.1, 0.15) is 6.92 Å². The molecule has 1 fully saturated rings. The maximum Gasteiger partial charge on any atom is 0.324 e. The molecule has 58 valence electrons. The highest BCUT2D eigenvalue weighted by atomic mass is 16.4. The van der Waals surface area contributed by atoms with Crippen LogP contribution >= 0.6 is 0 Å². The standard InChI is InChI=1S/C6H11NO3/c1-3-4(2-8)6(3,7)5(9)10/h3-4,8H,2,7H2,1H3,(H,9,10)/t3?,4-,6+/m0/s1. The molecule has 0 bridgehead atoms. The van der Waals surface area contributed by atoms with Crippen molar-refractivity contribution in [1.82, 2.24) is 0 Å². The van der Waals surface area contributed by atoms with E-state index in [2.05, 4.69) is 0 Å². The summed E-state index contributed by atoms with van der Waals surface area (Å²) < 4.78 is 0. The van der Waals surface area contributed by atoms with Gasteiger partial charge in [-0.3, -0.25) is 4.79 Å². The molecule has 0 saturated heterocycles. The van der Waals surface area contributed by atoms with Crippen molar-refractivity contribution in [2.24, 2.45) is 17.6 Å². The van der Waals surface area contributed by atoms with Gasteiger partial charge < -0.3 is 15.9 Å². The van der Waals surface area contributed by atoms with Crippen molar-refractivity contribution in [3.63, 3.8) is 0 Å². The van der Waals surface area contributed by atoms with Crippen molar-refractivity contribution >= 4 is 5.97 Å². The molecule has 3 atom stereocenters. The number of carbonyl (C=O) groups is 1. The number of aliphatic carboxylic acids is 1. The van der Waals surface area contributed by atoms with E-state index in [0.29, 0.717) is 0 Å². The lowest BCUT2D eigenvalue weighted by Crippen LogP contribution is -2.37. The Bertz CT molecular complexity index is 170. The van der Waals surface area contributed by atoms with Crippen LogP contribution in [0, 0.1) is 11.8 Å². The van der Waals surface area contributed by atoms with Crippen molar-refractivity contribution in [3.05, 3.63) is 0 Å². The summed E-state index contributed by atoms with van der Waals surface area (Å²) in [7, 11) is 0. The van der Waals surface area contributed by atoms with Gasteiger partial charge in [-0.05, 0) is 5.92 Å². The number of carboxylic acid groups (broad SMARTS) is 1. The third kappa shape index (κ3) is 0.660. The second kappa shape index (κ2) is 1.93. The highest BCUT2D eigenvalue weighted by Crippen LogP contribution is 2.47. The summed E-state index contributed by atoms with van der Waals surface area (Å²) >= 11 is 0. The molecule has 0 aromatic heterocycles. The van der Waals surface area contributed by atoms with Crippen molar-refractivity contribution in [3.8, 4) is 0 Å². The monoisotopic (exact) mass is 145 g/mol. The zero-order valence-electron chi connectivity index (χ0n) is 5.74. The quantitative estimate of drug-likeness (QED) is 0.466. The van der Waals surface area contributed by atoms with Crippen LogP contribution in [-0.4, -0.2) is 28.3 Å². The van der Waals surface area contributed by atoms with Gasteiger partial charge in [0.25, 0.3) is 0 Å². The molecule has 0 aliphatic heterocycles. The second-order valence-electron chi connectivity index (χ2n) is 2.82. The Morgan fingerprint density at radius 1 is 1.80 bits per heavy atom. The Hall–Kier alpha value is -0.610. The normalized spacial score (nSPS) is 45.1. The Labute approximate surface area is 58.6 Å². The maximum atomic E-state index is 10.4. The van der Waals surface area contributed by atoms with Gasteiger partial charge in [-0.15, -0.1) is 0 Å². The van der Waals surface area contributed by atoms with E-state index in [4.69, 9.17) is 15.9 Å². The second-order valence-corrected chi connectivity index (χ2v) is 2.82. The summed E-state index contributed by atoms with van der Waals surface area (Å²) in [5.41, 5.74) is 4.27. The zero-order valence-corrected chi connectivity index (χ0v) is 5.74. The molecule has 0 radical (unpaired) electrons. The third-order valence-electron chi connectivity index (χ3n) is 2.43. The number of aliphatic hydroxyl groups excluding tert-OH is 1. The molecule has 10 heavy (non-hydrogen) atoms. The van der Waals surface area contributed by atoms with Gasteiger partial charge in [-0.25, -0.2) is 0 Å². The summed E-state index contributed by atoms with van der Waals surface area (Å²) in [5.74, 6) is -1.38. The summed E-state index contributed by atoms with van der Waals surface area (Å²) in [6, 6.07) is 0. The van der Waals surface area contributed by atoms with E-state index in [0.717, 1.165) is 0 Å². The van der Waals surface area contributed by atoms with Crippen molar-refractivity contribution in [1.29, 1.82) is 0 Å². The highest BCUT2D eigenvalue weighted by molar-refractivity contribution is 5.83. The lowest BCUT2D eigenvalue weighted by molar-refractivity contribution is -0.140. The number of hydrogen-bond acceptors (Lipinski definition) is 3. The van der Waals surface area contributed by atoms with Crippen LogP contribution in [0.4, 0.5) is 0 Å². The average Bonchev–Trinajstić information content (AvgIpc) is 2.38. The van der Waals surface area contributed by atoms with Gasteiger partial charge in [0.2, 0.25) is 0 Å². The van der Waals surface area contributed by atoms with Crippen LogP contribution in [0.2, 0.25) is 0 Å². The lowest BCUT2D eigenvalue weighted by Gasteiger charge is -2.01. The fourth-order valence-corrected chi connectivity index (χ4v) is 1.34. The fraction of sp³-hybridized carbons (Fsp3) is 0.833. The molecule has 4 nitrogen and oxygen atoms in total. The maximum absolute atomic E-state index is 10.4. The molecule has 1 rings (SSSR count). The Morgan fingerprint density at radius 3 is 2.40 bits per heavy atom. The van der Waals surface area contributed by atoms with E-state index in [1.54, 1.807) is 6.92 Å². The first-order chi connectivity index (χ1) is 4.55. The first-order valence-corrected chi connectivity index (χ1v) is 3.18. The zero-order chi connectivity index (χ0) is 7.94. The van der Waals surface area contributed by atoms with Gasteiger partial charge in [0, 0.05) is 12.5 Å². The first kappa shape index (κ1) is 7.50. The Morgan fingerprint density at radius 2 is 2.30 bits per heavy atom. The van der Waals surface area contributed by atoms with Crippen LogP contribution in [0.3, 0.4) is 0 Å². The van der Waals surface area contributed by atoms with Gasteiger partial charge >= 0.3 is 5.97 Å². The molecule has 1 unspecified atom stereocenters. The van der Waals surface area contributed by atoms with Crippen LogP contribution in [-0.2, 0) is 4.79 Å². The van der Waals surface area contributed by atoms with Crippen LogP contribution in [0.15, 0.2) is 0 Å². The van der Waals surface area contributed by atoms with Crippen molar-refractivity contribution in [2.75, 3.05) is 6.61 Å². The van der Waals surface area contributed by atoms with Gasteiger partial charge in [-0.1, -0.05) is 6.92 Å². The lowest BCUT2D eigenvalue weighted by atomic mass is 10.2. The van der Waals surface area contributed by atoms with Gasteiger partial charge in [0.1, 0.15) is 5.54 Å². The smallest absolute Gasteiger partial charge is 0.324 e. The van der Waals surface area contributed by atoms with E-state index in [9.17, 15) is 4.79 Å². The molecule has 1 saturated carbocycles. The molecule has 0 spiro atoms. The molecule has 4 N–H and O–H groups in total. The minimum absolute atomic E-state index is 0.102. The molecular formula is C6H11NO3. The van der Waals surface area contributed by atoms with Gasteiger partial charge in [0.15, 0.2) is 0 Å². The molecule has 1 aliphatic carbocycles. The Kier molecular flexibility index (Phi) is 1.45. The van der Waals surface area contributed by atoms with Crippen molar-refractivity contribution < 1.29 is 15.0 Å². The summed E-state index contributed by atoms with van der Waals surface area (Å²) in [4.78, 5) is 10.4. The van der Waals surface area contributed by atoms with E-state index in [1.807, 2.05) is 0 Å². The average molecular weight is 145 g/mol. The predicted molar refractivity (Wildman–Crippen MR) is 34.3 cm³/mol. The molecule has 0 amide bonds. The SMILES string of the molecule is CC1[C@H](CO)[C@@]1(N)C(=O)O. The minimum Gasteiger partial charge on any atom is -0.480 e. The summed E-state index contributed by atoms with van der Waals surface area (Å²) in [5, 5.41) is 17.2. The topological polar surface area (TPSA) is 83.5 Å². The molecule has 0 aromatic rings. The van der Waals surface area contributed by atoms with E-state index in [1.165, 1.54) is 0 Å². The number of nitrogens with two attached hydrogens (primary N) is 1. The first-order valence-electron chi connectivity index (χ1n) is 3.18. The predicted octanol–water partition coefficient (Wildman–Crippen LogP) is -0.973. The molecule has 1 aliphatic rings. The van der Waals surface area contributed by atoms with E-state index >= 15 is 0 Å². The number of rotatable bonds is 2. The number of aliphatic hydroxyl groups is 1. The number of carboxylic acids is 1. The number of hydrogen-bond donors (Lipinski definition) is 3. The Balaban J connectivity index is 2.67. The van der Waals surface area contributed by atoms with Crippen LogP contribution in [0.25, 0.3) is 0 Å². The van der Waals surface area contributed by atoms with Crippen molar-refractivity contribution in [2.45, 2.75) is 12.5 Å². The summed E-state index contributed by atoms with van der Waals surface area (Å²) in [6.45, 7) is 1.60. The van der Waals surface area contributed by atoms with Crippen LogP contribution < -0.4 is 5.73 Å². The van der Waals surface area contributed by atoms with Gasteiger partial charge in [-0.2, -0.15) is 0 Å². The third-order valence-corrected chi connectivity index (χ3v) is 2.43.